The van der Waals surface area contributed by atoms with Crippen molar-refractivity contribution in [3.8, 4) is 5.75 Å². The number of furan rings is 1. The Labute approximate surface area is 141 Å². The van der Waals surface area contributed by atoms with Crippen LogP contribution < -0.4 is 10.1 Å². The van der Waals surface area contributed by atoms with E-state index in [1.807, 2.05) is 26.0 Å². The van der Waals surface area contributed by atoms with Gasteiger partial charge in [0.05, 0.1) is 0 Å². The zero-order valence-corrected chi connectivity index (χ0v) is 14.3. The van der Waals surface area contributed by atoms with Crippen LogP contribution in [0.1, 0.15) is 60.7 Å². The van der Waals surface area contributed by atoms with Crippen LogP contribution in [-0.2, 0) is 0 Å². The van der Waals surface area contributed by atoms with Crippen molar-refractivity contribution in [3.63, 3.8) is 0 Å². The summed E-state index contributed by atoms with van der Waals surface area (Å²) in [6.45, 7) is 4.63. The van der Waals surface area contributed by atoms with E-state index >= 15 is 0 Å². The second-order valence-corrected chi connectivity index (χ2v) is 6.87. The molecule has 1 fully saturated rings. The monoisotopic (exact) mass is 325 g/mol. The minimum absolute atomic E-state index is 0.125. The van der Waals surface area contributed by atoms with Crippen LogP contribution in [-0.4, -0.2) is 18.1 Å². The van der Waals surface area contributed by atoms with Gasteiger partial charge in [-0.15, -0.1) is 0 Å². The molecule has 1 aliphatic carbocycles. The first-order chi connectivity index (χ1) is 11.6. The number of hydrogen-bond donors (Lipinski definition) is 1. The van der Waals surface area contributed by atoms with Crippen LogP contribution in [0.2, 0.25) is 0 Å². The summed E-state index contributed by atoms with van der Waals surface area (Å²) in [6, 6.07) is 3.89. The third kappa shape index (κ3) is 2.32. The van der Waals surface area contributed by atoms with Crippen molar-refractivity contribution in [1.82, 2.24) is 5.32 Å². The molecule has 0 radical (unpaired) electrons. The van der Waals surface area contributed by atoms with Crippen LogP contribution >= 0.6 is 0 Å². The lowest BCUT2D eigenvalue weighted by Gasteiger charge is -2.31. The van der Waals surface area contributed by atoms with Crippen LogP contribution in [0.5, 0.6) is 5.75 Å². The summed E-state index contributed by atoms with van der Waals surface area (Å²) in [4.78, 5) is 12.3. The van der Waals surface area contributed by atoms with E-state index in [2.05, 4.69) is 17.5 Å². The summed E-state index contributed by atoms with van der Waals surface area (Å²) < 4.78 is 12.2. The molecule has 0 atom stereocenters. The molecule has 0 unspecified atom stereocenters. The SMILES string of the molecule is CCCNC(=O)c1oc2ccc3c(c2c1C)C=CC1(CCCC1)O3. The highest BCUT2D eigenvalue weighted by atomic mass is 16.5. The molecule has 1 spiro atoms. The second-order valence-electron chi connectivity index (χ2n) is 6.87. The minimum atomic E-state index is -0.146. The number of carbonyl (C=O) groups excluding carboxylic acids is 1. The van der Waals surface area contributed by atoms with Crippen molar-refractivity contribution in [2.45, 2.75) is 51.6 Å². The van der Waals surface area contributed by atoms with Crippen LogP contribution in [0.3, 0.4) is 0 Å². The fourth-order valence-corrected chi connectivity index (χ4v) is 3.87. The summed E-state index contributed by atoms with van der Waals surface area (Å²) in [5.41, 5.74) is 2.52. The molecule has 1 aromatic heterocycles. The maximum Gasteiger partial charge on any atom is 0.287 e. The Morgan fingerprint density at radius 2 is 2.08 bits per heavy atom. The summed E-state index contributed by atoms with van der Waals surface area (Å²) in [6.07, 6.45) is 9.85. The predicted octanol–water partition coefficient (Wildman–Crippen LogP) is 4.60. The topological polar surface area (TPSA) is 51.5 Å². The number of aryl methyl sites for hydroxylation is 1. The van der Waals surface area contributed by atoms with Gasteiger partial charge in [-0.3, -0.25) is 4.79 Å². The van der Waals surface area contributed by atoms with Crippen molar-refractivity contribution < 1.29 is 13.9 Å². The van der Waals surface area contributed by atoms with Crippen molar-refractivity contribution in [2.24, 2.45) is 0 Å². The normalized spacial score (nSPS) is 17.9. The number of carbonyl (C=O) groups is 1. The van der Waals surface area contributed by atoms with Gasteiger partial charge in [0.2, 0.25) is 0 Å². The molecule has 1 aliphatic heterocycles. The summed E-state index contributed by atoms with van der Waals surface area (Å²) in [5, 5.41) is 3.87. The number of hydrogen-bond acceptors (Lipinski definition) is 3. The van der Waals surface area contributed by atoms with Gasteiger partial charge in [-0.1, -0.05) is 13.0 Å². The largest absolute Gasteiger partial charge is 0.483 e. The zero-order chi connectivity index (χ0) is 16.7. The molecular weight excluding hydrogens is 302 g/mol. The smallest absolute Gasteiger partial charge is 0.287 e. The second kappa shape index (κ2) is 5.69. The van der Waals surface area contributed by atoms with E-state index in [1.165, 1.54) is 12.8 Å². The fourth-order valence-electron chi connectivity index (χ4n) is 3.87. The molecule has 0 bridgehead atoms. The van der Waals surface area contributed by atoms with Crippen molar-refractivity contribution in [1.29, 1.82) is 0 Å². The van der Waals surface area contributed by atoms with Gasteiger partial charge in [0, 0.05) is 23.1 Å². The van der Waals surface area contributed by atoms with Crippen molar-refractivity contribution >= 4 is 23.0 Å². The highest BCUT2D eigenvalue weighted by Crippen LogP contribution is 2.44. The average Bonchev–Trinajstić information content (AvgIpc) is 3.17. The number of rotatable bonds is 3. The Balaban J connectivity index is 1.77. The van der Waals surface area contributed by atoms with Gasteiger partial charge >= 0.3 is 0 Å². The summed E-state index contributed by atoms with van der Waals surface area (Å²) in [7, 11) is 0. The molecule has 1 aromatic carbocycles. The van der Waals surface area contributed by atoms with Gasteiger partial charge in [-0.25, -0.2) is 0 Å². The summed E-state index contributed by atoms with van der Waals surface area (Å²) >= 11 is 0. The fraction of sp³-hybridized carbons (Fsp3) is 0.450. The molecule has 2 aliphatic rings. The quantitative estimate of drug-likeness (QED) is 0.897. The van der Waals surface area contributed by atoms with E-state index in [0.717, 1.165) is 47.1 Å². The first-order valence-corrected chi connectivity index (χ1v) is 8.86. The average molecular weight is 325 g/mol. The van der Waals surface area contributed by atoms with E-state index in [1.54, 1.807) is 0 Å². The lowest BCUT2D eigenvalue weighted by molar-refractivity contribution is 0.0927. The van der Waals surface area contributed by atoms with E-state index in [4.69, 9.17) is 9.15 Å². The molecule has 1 N–H and O–H groups in total. The number of amides is 1. The van der Waals surface area contributed by atoms with Gasteiger partial charge in [-0.05, 0) is 57.2 Å². The van der Waals surface area contributed by atoms with Crippen LogP contribution in [0.4, 0.5) is 0 Å². The lowest BCUT2D eigenvalue weighted by atomic mass is 9.94. The van der Waals surface area contributed by atoms with Crippen LogP contribution in [0.25, 0.3) is 17.0 Å². The molecular formula is C20H23NO3. The van der Waals surface area contributed by atoms with E-state index in [0.29, 0.717) is 12.3 Å². The zero-order valence-electron chi connectivity index (χ0n) is 14.3. The Bertz CT molecular complexity index is 825. The van der Waals surface area contributed by atoms with Crippen LogP contribution in [0.15, 0.2) is 22.6 Å². The Morgan fingerprint density at radius 3 is 2.83 bits per heavy atom. The lowest BCUT2D eigenvalue weighted by Crippen LogP contribution is -2.31. The minimum Gasteiger partial charge on any atom is -0.483 e. The summed E-state index contributed by atoms with van der Waals surface area (Å²) in [5.74, 6) is 1.16. The maximum absolute atomic E-state index is 12.3. The Morgan fingerprint density at radius 1 is 1.29 bits per heavy atom. The van der Waals surface area contributed by atoms with Gasteiger partial charge in [-0.2, -0.15) is 0 Å². The Hall–Kier alpha value is -2.23. The third-order valence-electron chi connectivity index (χ3n) is 5.15. The van der Waals surface area contributed by atoms with Gasteiger partial charge < -0.3 is 14.5 Å². The molecule has 4 heteroatoms. The standard InChI is InChI=1S/C20H23NO3/c1-3-12-21-19(22)18-13(2)17-14-8-11-20(9-4-5-10-20)24-15(14)6-7-16(17)23-18/h6-8,11H,3-5,9-10,12H2,1-2H3,(H,21,22). The Kier molecular flexibility index (Phi) is 3.63. The molecule has 1 saturated carbocycles. The van der Waals surface area contributed by atoms with Gasteiger partial charge in [0.1, 0.15) is 16.9 Å². The number of ether oxygens (including phenoxy) is 1. The third-order valence-corrected chi connectivity index (χ3v) is 5.15. The van der Waals surface area contributed by atoms with E-state index in [9.17, 15) is 4.79 Å². The van der Waals surface area contributed by atoms with Gasteiger partial charge in [0.15, 0.2) is 5.76 Å². The van der Waals surface area contributed by atoms with Crippen molar-refractivity contribution in [2.75, 3.05) is 6.54 Å². The molecule has 2 heterocycles. The highest BCUT2D eigenvalue weighted by Gasteiger charge is 2.36. The van der Waals surface area contributed by atoms with Crippen LogP contribution in [0, 0.1) is 6.92 Å². The number of fused-ring (bicyclic) bond motifs is 3. The maximum atomic E-state index is 12.3. The van der Waals surface area contributed by atoms with Crippen molar-refractivity contribution in [3.05, 3.63) is 35.1 Å². The molecule has 1 amide bonds. The molecule has 4 rings (SSSR count). The molecule has 24 heavy (non-hydrogen) atoms. The first kappa shape index (κ1) is 15.3. The van der Waals surface area contributed by atoms with E-state index in [-0.39, 0.29) is 11.5 Å². The molecule has 2 aromatic rings. The van der Waals surface area contributed by atoms with E-state index < -0.39 is 0 Å². The molecule has 0 saturated heterocycles. The predicted molar refractivity (Wildman–Crippen MR) is 94.4 cm³/mol. The van der Waals surface area contributed by atoms with Gasteiger partial charge in [0.25, 0.3) is 5.91 Å². The number of nitrogens with one attached hydrogen (secondary N) is 1. The molecule has 4 nitrogen and oxygen atoms in total. The first-order valence-electron chi connectivity index (χ1n) is 8.86. The number of benzene rings is 1. The highest BCUT2D eigenvalue weighted by molar-refractivity contribution is 6.02. The molecule has 126 valence electrons.